The van der Waals surface area contributed by atoms with E-state index >= 15 is 0 Å². The summed E-state index contributed by atoms with van der Waals surface area (Å²) in [6.45, 7) is 0.396. The van der Waals surface area contributed by atoms with Crippen LogP contribution in [0.25, 0.3) is 0 Å². The van der Waals surface area contributed by atoms with E-state index in [1.165, 1.54) is 0 Å². The maximum Gasteiger partial charge on any atom is 0.317 e. The molecule has 13 nitrogen and oxygen atoms in total. The molecular weight excluding hydrogens is 416 g/mol. The Kier molecular flexibility index (Phi) is 12.5. The van der Waals surface area contributed by atoms with Crippen molar-refractivity contribution in [3.8, 4) is 0 Å². The number of hydrogen-bond acceptors (Lipinski definition) is 10. The lowest BCUT2D eigenvalue weighted by atomic mass is 10.1. The Morgan fingerprint density at radius 3 is 1.19 bits per heavy atom. The first-order valence-electron chi connectivity index (χ1n) is 10.1. The van der Waals surface area contributed by atoms with Gasteiger partial charge in [0.25, 0.3) is 0 Å². The van der Waals surface area contributed by atoms with Crippen LogP contribution >= 0.6 is 0 Å². The molecule has 1 unspecified atom stereocenters. The van der Waals surface area contributed by atoms with Crippen molar-refractivity contribution in [3.05, 3.63) is 0 Å². The topological polar surface area (TPSA) is 186 Å². The average Bonchev–Trinajstić information content (AvgIpc) is 2.68. The number of aliphatic carboxylic acids is 3. The molecule has 0 saturated carbocycles. The van der Waals surface area contributed by atoms with Crippen LogP contribution in [-0.4, -0.2) is 165 Å². The second kappa shape index (κ2) is 14.2. The third kappa shape index (κ3) is 10.8. The van der Waals surface area contributed by atoms with Crippen LogP contribution < -0.4 is 0 Å². The van der Waals surface area contributed by atoms with Crippen LogP contribution in [0, 0.1) is 0 Å². The Hall–Kier alpha value is -1.87. The minimum Gasteiger partial charge on any atom is -0.480 e. The van der Waals surface area contributed by atoms with Gasteiger partial charge in [-0.1, -0.05) is 0 Å². The first kappa shape index (κ1) is 27.2. The van der Waals surface area contributed by atoms with E-state index in [9.17, 15) is 39.9 Å². The van der Waals surface area contributed by atoms with Crippen molar-refractivity contribution >= 4 is 17.9 Å². The molecule has 1 saturated heterocycles. The molecule has 0 aromatic heterocycles. The van der Waals surface area contributed by atoms with Gasteiger partial charge in [0, 0.05) is 52.4 Å². The van der Waals surface area contributed by atoms with Crippen molar-refractivity contribution < 1.29 is 45.0 Å². The van der Waals surface area contributed by atoms with Gasteiger partial charge in [-0.3, -0.25) is 34.0 Å². The van der Waals surface area contributed by atoms with Gasteiger partial charge in [0.2, 0.25) is 0 Å². The SMILES string of the molecule is O=C(O)CN1CCN(CC(=O)O)CCN(C(CO)[C@H](O)CO)CCN(CC(=O)O)CC1. The van der Waals surface area contributed by atoms with E-state index in [4.69, 9.17) is 5.11 Å². The fraction of sp³-hybridized carbons (Fsp3) is 0.833. The second-order valence-electron chi connectivity index (χ2n) is 7.55. The Balaban J connectivity index is 3.05. The molecule has 0 aromatic rings. The van der Waals surface area contributed by atoms with E-state index < -0.39 is 43.3 Å². The largest absolute Gasteiger partial charge is 0.480 e. The summed E-state index contributed by atoms with van der Waals surface area (Å²) in [5, 5.41) is 56.6. The van der Waals surface area contributed by atoms with E-state index in [2.05, 4.69) is 0 Å². The standard InChI is InChI=1S/C18H34N4O9/c23-12-14(15(25)13-24)22-7-5-20(10-17(28)29)3-1-19(9-16(26)27)2-4-21(6-8-22)11-18(30)31/h14-15,23-25H,1-13H2,(H,26,27)(H,28,29)(H,30,31)/t14?,15-/m1/s1. The van der Waals surface area contributed by atoms with Gasteiger partial charge < -0.3 is 30.6 Å². The van der Waals surface area contributed by atoms with E-state index in [0.29, 0.717) is 0 Å². The molecule has 6 N–H and O–H groups in total. The highest BCUT2D eigenvalue weighted by atomic mass is 16.4. The van der Waals surface area contributed by atoms with Crippen molar-refractivity contribution in [2.24, 2.45) is 0 Å². The highest BCUT2D eigenvalue weighted by Crippen LogP contribution is 2.08. The van der Waals surface area contributed by atoms with Gasteiger partial charge in [0.05, 0.1) is 45.0 Å². The molecule has 0 amide bonds. The first-order valence-corrected chi connectivity index (χ1v) is 10.1. The summed E-state index contributed by atoms with van der Waals surface area (Å²) in [6, 6.07) is -0.796. The minimum atomic E-state index is -1.22. The van der Waals surface area contributed by atoms with Crippen LogP contribution in [0.15, 0.2) is 0 Å². The number of carboxylic acid groups (broad SMARTS) is 3. The van der Waals surface area contributed by atoms with Crippen LogP contribution in [0.5, 0.6) is 0 Å². The van der Waals surface area contributed by atoms with Crippen LogP contribution in [0.3, 0.4) is 0 Å². The number of aliphatic hydroxyl groups excluding tert-OH is 3. The van der Waals surface area contributed by atoms with Crippen molar-refractivity contribution in [3.63, 3.8) is 0 Å². The van der Waals surface area contributed by atoms with Crippen LogP contribution in [0.2, 0.25) is 0 Å². The molecule has 13 heteroatoms. The molecule has 180 valence electrons. The zero-order chi connectivity index (χ0) is 23.4. The zero-order valence-electron chi connectivity index (χ0n) is 17.5. The lowest BCUT2D eigenvalue weighted by Gasteiger charge is -2.37. The van der Waals surface area contributed by atoms with Crippen LogP contribution in [-0.2, 0) is 14.4 Å². The van der Waals surface area contributed by atoms with E-state index in [1.54, 1.807) is 19.6 Å². The molecule has 0 bridgehead atoms. The summed E-state index contributed by atoms with van der Waals surface area (Å²) in [6.07, 6.45) is -1.22. The summed E-state index contributed by atoms with van der Waals surface area (Å²) < 4.78 is 0. The predicted octanol–water partition coefficient (Wildman–Crippen LogP) is -3.82. The van der Waals surface area contributed by atoms with Crippen molar-refractivity contribution in [2.45, 2.75) is 12.1 Å². The molecule has 1 rings (SSSR count). The summed E-state index contributed by atoms with van der Waals surface area (Å²) >= 11 is 0. The number of carbonyl (C=O) groups is 3. The smallest absolute Gasteiger partial charge is 0.317 e. The molecule has 1 aliphatic rings. The summed E-state index contributed by atoms with van der Waals surface area (Å²) in [7, 11) is 0. The quantitative estimate of drug-likeness (QED) is 0.190. The average molecular weight is 450 g/mol. The maximum atomic E-state index is 11.2. The lowest BCUT2D eigenvalue weighted by Crippen LogP contribution is -2.54. The van der Waals surface area contributed by atoms with Crippen molar-refractivity contribution in [2.75, 3.05) is 85.2 Å². The fourth-order valence-corrected chi connectivity index (χ4v) is 3.53. The molecule has 0 spiro atoms. The van der Waals surface area contributed by atoms with Crippen LogP contribution in [0.4, 0.5) is 0 Å². The Morgan fingerprint density at radius 2 is 0.935 bits per heavy atom. The second-order valence-corrected chi connectivity index (χ2v) is 7.55. The number of nitrogens with zero attached hydrogens (tertiary/aromatic N) is 4. The molecule has 1 aliphatic heterocycles. The molecule has 2 atom stereocenters. The molecular formula is C18H34N4O9. The molecule has 0 radical (unpaired) electrons. The van der Waals surface area contributed by atoms with E-state index in [-0.39, 0.29) is 72.0 Å². The molecule has 0 aliphatic carbocycles. The summed E-state index contributed by atoms with van der Waals surface area (Å²) in [4.78, 5) is 40.3. The summed E-state index contributed by atoms with van der Waals surface area (Å²) in [5.74, 6) is -3.10. The lowest BCUT2D eigenvalue weighted by molar-refractivity contribution is -0.140. The molecule has 31 heavy (non-hydrogen) atoms. The predicted molar refractivity (Wildman–Crippen MR) is 108 cm³/mol. The molecule has 1 heterocycles. The monoisotopic (exact) mass is 450 g/mol. The Morgan fingerprint density at radius 1 is 0.613 bits per heavy atom. The molecule has 1 fully saturated rings. The normalized spacial score (nSPS) is 21.0. The van der Waals surface area contributed by atoms with Gasteiger partial charge in [-0.25, -0.2) is 0 Å². The highest BCUT2D eigenvalue weighted by Gasteiger charge is 2.27. The van der Waals surface area contributed by atoms with Crippen molar-refractivity contribution in [1.82, 2.24) is 19.6 Å². The Bertz CT molecular complexity index is 548. The van der Waals surface area contributed by atoms with Crippen LogP contribution in [0.1, 0.15) is 0 Å². The number of hydrogen-bond donors (Lipinski definition) is 6. The minimum absolute atomic E-state index is 0.247. The molecule has 0 aromatic carbocycles. The maximum absolute atomic E-state index is 11.2. The number of aliphatic hydroxyl groups is 3. The first-order chi connectivity index (χ1) is 14.7. The van der Waals surface area contributed by atoms with Gasteiger partial charge >= 0.3 is 17.9 Å². The van der Waals surface area contributed by atoms with Crippen molar-refractivity contribution in [1.29, 1.82) is 0 Å². The van der Waals surface area contributed by atoms with Gasteiger partial charge in [-0.05, 0) is 0 Å². The third-order valence-electron chi connectivity index (χ3n) is 5.24. The fourth-order valence-electron chi connectivity index (χ4n) is 3.53. The van der Waals surface area contributed by atoms with Gasteiger partial charge in [0.1, 0.15) is 0 Å². The number of carboxylic acids is 3. The highest BCUT2D eigenvalue weighted by molar-refractivity contribution is 5.69. The number of rotatable bonds is 10. The van der Waals surface area contributed by atoms with E-state index in [1.807, 2.05) is 0 Å². The van der Waals surface area contributed by atoms with Gasteiger partial charge in [-0.2, -0.15) is 0 Å². The van der Waals surface area contributed by atoms with Gasteiger partial charge in [-0.15, -0.1) is 0 Å². The third-order valence-corrected chi connectivity index (χ3v) is 5.24. The Labute approximate surface area is 180 Å². The summed E-state index contributed by atoms with van der Waals surface area (Å²) in [5.41, 5.74) is 0. The zero-order valence-corrected chi connectivity index (χ0v) is 17.5. The van der Waals surface area contributed by atoms with Gasteiger partial charge in [0.15, 0.2) is 0 Å². The van der Waals surface area contributed by atoms with E-state index in [0.717, 1.165) is 0 Å².